The minimum Gasteiger partial charge on any atom is -0.353 e. The van der Waals surface area contributed by atoms with E-state index in [4.69, 9.17) is 0 Å². The Bertz CT molecular complexity index is 1150. The van der Waals surface area contributed by atoms with E-state index in [1.807, 2.05) is 0 Å². The molecule has 1 N–H and O–H groups in total. The van der Waals surface area contributed by atoms with Gasteiger partial charge in [-0.25, -0.2) is 0 Å². The van der Waals surface area contributed by atoms with Gasteiger partial charge in [0.2, 0.25) is 0 Å². The first kappa shape index (κ1) is 18.8. The van der Waals surface area contributed by atoms with E-state index in [1.54, 1.807) is 0 Å². The van der Waals surface area contributed by atoms with E-state index < -0.39 is 0 Å². The Hall–Kier alpha value is -3.52. The van der Waals surface area contributed by atoms with Crippen LogP contribution in [0.3, 0.4) is 0 Å². The Kier molecular flexibility index (Phi) is 5.35. The number of nitrogens with zero attached hydrogens (tertiary/aromatic N) is 1. The fraction of sp³-hybridized carbons (Fsp3) is 0.111. The van der Waals surface area contributed by atoms with E-state index in [0.29, 0.717) is 0 Å². The molecule has 0 aliphatic carbocycles. The molecule has 29 heavy (non-hydrogen) atoms. The van der Waals surface area contributed by atoms with Crippen molar-refractivity contribution in [1.82, 2.24) is 0 Å². The maximum atomic E-state index is 4.21. The molecule has 144 valence electrons. The predicted molar refractivity (Wildman–Crippen MR) is 127 cm³/mol. The van der Waals surface area contributed by atoms with Gasteiger partial charge in [-0.2, -0.15) is 0 Å². The van der Waals surface area contributed by atoms with Crippen LogP contribution in [-0.4, -0.2) is 7.05 Å². The van der Waals surface area contributed by atoms with Crippen molar-refractivity contribution in [3.8, 4) is 11.1 Å². The molecule has 4 aromatic rings. The van der Waals surface area contributed by atoms with Crippen LogP contribution in [0.1, 0.15) is 13.3 Å². The van der Waals surface area contributed by atoms with Crippen molar-refractivity contribution in [3.63, 3.8) is 0 Å². The molecule has 0 saturated heterocycles. The fourth-order valence-electron chi connectivity index (χ4n) is 3.68. The summed E-state index contributed by atoms with van der Waals surface area (Å²) in [4.78, 5) is 2.16. The maximum absolute atomic E-state index is 4.21. The standard InChI is InChI=1S/C27H26N2/c1-4-20(2)29(3)26-17-11-10-16-25(26)28-27-23-15-9-8-14-22(23)18-19-24(27)21-12-6-5-7-13-21/h5-19,28H,2,4H2,1,3H3. The third-order valence-corrected chi connectivity index (χ3v) is 5.42. The van der Waals surface area contributed by atoms with E-state index in [9.17, 15) is 0 Å². The van der Waals surface area contributed by atoms with Gasteiger partial charge in [0.1, 0.15) is 0 Å². The van der Waals surface area contributed by atoms with Crippen LogP contribution in [0, 0.1) is 0 Å². The summed E-state index contributed by atoms with van der Waals surface area (Å²) in [6, 6.07) is 31.9. The summed E-state index contributed by atoms with van der Waals surface area (Å²) in [5.74, 6) is 0. The molecule has 0 aliphatic rings. The monoisotopic (exact) mass is 378 g/mol. The van der Waals surface area contributed by atoms with Crippen molar-refractivity contribution in [2.24, 2.45) is 0 Å². The van der Waals surface area contributed by atoms with Crippen molar-refractivity contribution in [2.45, 2.75) is 13.3 Å². The van der Waals surface area contributed by atoms with E-state index in [2.05, 4.69) is 122 Å². The molecule has 0 saturated carbocycles. The summed E-state index contributed by atoms with van der Waals surface area (Å²) in [7, 11) is 2.08. The zero-order valence-corrected chi connectivity index (χ0v) is 17.0. The van der Waals surface area contributed by atoms with E-state index >= 15 is 0 Å². The quantitative estimate of drug-likeness (QED) is 0.371. The average molecular weight is 379 g/mol. The molecule has 0 amide bonds. The molecule has 4 aromatic carbocycles. The number of hydrogen-bond donors (Lipinski definition) is 1. The van der Waals surface area contributed by atoms with Gasteiger partial charge in [0, 0.05) is 23.7 Å². The summed E-state index contributed by atoms with van der Waals surface area (Å²) in [5.41, 5.74) is 6.78. The lowest BCUT2D eigenvalue weighted by atomic mass is 9.98. The molecule has 0 heterocycles. The highest BCUT2D eigenvalue weighted by Crippen LogP contribution is 2.39. The highest BCUT2D eigenvalue weighted by Gasteiger charge is 2.14. The third kappa shape index (κ3) is 3.74. The number of rotatable bonds is 6. The Balaban J connectivity index is 1.88. The first-order valence-electron chi connectivity index (χ1n) is 10.0. The Labute approximate surface area is 173 Å². The number of para-hydroxylation sites is 2. The molecule has 2 nitrogen and oxygen atoms in total. The molecule has 0 atom stereocenters. The molecule has 0 fully saturated rings. The summed E-state index contributed by atoms with van der Waals surface area (Å²) in [6.07, 6.45) is 0.911. The van der Waals surface area contributed by atoms with Crippen LogP contribution < -0.4 is 10.2 Å². The fourth-order valence-corrected chi connectivity index (χ4v) is 3.68. The summed E-state index contributed by atoms with van der Waals surface area (Å²) in [5, 5.41) is 6.19. The number of nitrogens with one attached hydrogen (secondary N) is 1. The molecule has 0 aliphatic heterocycles. The normalized spacial score (nSPS) is 10.7. The van der Waals surface area contributed by atoms with Gasteiger partial charge >= 0.3 is 0 Å². The number of benzene rings is 4. The molecular weight excluding hydrogens is 352 g/mol. The third-order valence-electron chi connectivity index (χ3n) is 5.42. The van der Waals surface area contributed by atoms with Gasteiger partial charge in [-0.05, 0) is 29.5 Å². The second kappa shape index (κ2) is 8.24. The zero-order valence-electron chi connectivity index (χ0n) is 17.0. The number of fused-ring (bicyclic) bond motifs is 1. The molecule has 0 radical (unpaired) electrons. The van der Waals surface area contributed by atoms with E-state index in [0.717, 1.165) is 29.2 Å². The number of hydrogen-bond acceptors (Lipinski definition) is 2. The van der Waals surface area contributed by atoms with Gasteiger partial charge < -0.3 is 10.2 Å². The van der Waals surface area contributed by atoms with Gasteiger partial charge in [0.05, 0.1) is 17.1 Å². The smallest absolute Gasteiger partial charge is 0.0644 e. The second-order valence-corrected chi connectivity index (χ2v) is 7.20. The van der Waals surface area contributed by atoms with E-state index in [1.165, 1.54) is 21.9 Å². The Morgan fingerprint density at radius 2 is 1.52 bits per heavy atom. The van der Waals surface area contributed by atoms with Crippen LogP contribution in [0.15, 0.2) is 103 Å². The van der Waals surface area contributed by atoms with Crippen LogP contribution in [0.25, 0.3) is 21.9 Å². The van der Waals surface area contributed by atoms with Crippen LogP contribution >= 0.6 is 0 Å². The minimum atomic E-state index is 0.911. The zero-order chi connectivity index (χ0) is 20.2. The second-order valence-electron chi connectivity index (χ2n) is 7.20. The highest BCUT2D eigenvalue weighted by atomic mass is 15.1. The summed E-state index contributed by atoms with van der Waals surface area (Å²) < 4.78 is 0. The van der Waals surface area contributed by atoms with Crippen molar-refractivity contribution in [2.75, 3.05) is 17.3 Å². The lowest BCUT2D eigenvalue weighted by molar-refractivity contribution is 0.986. The molecule has 0 spiro atoms. The average Bonchev–Trinajstić information content (AvgIpc) is 2.79. The van der Waals surface area contributed by atoms with Gasteiger partial charge in [-0.15, -0.1) is 0 Å². The van der Waals surface area contributed by atoms with Crippen molar-refractivity contribution in [1.29, 1.82) is 0 Å². The topological polar surface area (TPSA) is 15.3 Å². The highest BCUT2D eigenvalue weighted by molar-refractivity contribution is 6.03. The van der Waals surface area contributed by atoms with Gasteiger partial charge in [0.15, 0.2) is 0 Å². The lowest BCUT2D eigenvalue weighted by Crippen LogP contribution is -2.16. The Morgan fingerprint density at radius 1 is 0.828 bits per heavy atom. The number of allylic oxidation sites excluding steroid dienone is 1. The number of anilines is 3. The van der Waals surface area contributed by atoms with Crippen LogP contribution in [0.2, 0.25) is 0 Å². The SMILES string of the molecule is C=C(CC)N(C)c1ccccc1Nc1c(-c2ccccc2)ccc2ccccc12. The molecule has 0 aromatic heterocycles. The molecule has 4 rings (SSSR count). The van der Waals surface area contributed by atoms with Crippen LogP contribution in [0.5, 0.6) is 0 Å². The van der Waals surface area contributed by atoms with Gasteiger partial charge in [-0.1, -0.05) is 92.4 Å². The largest absolute Gasteiger partial charge is 0.353 e. The van der Waals surface area contributed by atoms with Crippen molar-refractivity contribution in [3.05, 3.63) is 103 Å². The van der Waals surface area contributed by atoms with Gasteiger partial charge in [-0.3, -0.25) is 0 Å². The maximum Gasteiger partial charge on any atom is 0.0644 e. The van der Waals surface area contributed by atoms with Crippen molar-refractivity contribution >= 4 is 27.8 Å². The lowest BCUT2D eigenvalue weighted by Gasteiger charge is -2.25. The van der Waals surface area contributed by atoms with E-state index in [-0.39, 0.29) is 0 Å². The first-order valence-corrected chi connectivity index (χ1v) is 10.0. The molecular formula is C27H26N2. The first-order chi connectivity index (χ1) is 14.2. The summed E-state index contributed by atoms with van der Waals surface area (Å²) in [6.45, 7) is 6.34. The molecule has 0 bridgehead atoms. The van der Waals surface area contributed by atoms with Gasteiger partial charge in [0.25, 0.3) is 0 Å². The van der Waals surface area contributed by atoms with Crippen LogP contribution in [0.4, 0.5) is 17.1 Å². The van der Waals surface area contributed by atoms with Crippen LogP contribution in [-0.2, 0) is 0 Å². The predicted octanol–water partition coefficient (Wildman–Crippen LogP) is 7.61. The Morgan fingerprint density at radius 3 is 2.31 bits per heavy atom. The molecule has 2 heteroatoms. The summed E-state index contributed by atoms with van der Waals surface area (Å²) >= 11 is 0. The van der Waals surface area contributed by atoms with Crippen molar-refractivity contribution < 1.29 is 0 Å². The molecule has 0 unspecified atom stereocenters. The minimum absolute atomic E-state index is 0.911.